The third kappa shape index (κ3) is 3.39. The zero-order valence-corrected chi connectivity index (χ0v) is 11.0. The number of hydrogen-bond donors (Lipinski definition) is 1. The Balaban J connectivity index is 0.00000196. The van der Waals surface area contributed by atoms with Crippen LogP contribution in [0.3, 0.4) is 0 Å². The van der Waals surface area contributed by atoms with Crippen LogP contribution >= 0.6 is 17.0 Å². The first-order valence-corrected chi connectivity index (χ1v) is 4.65. The third-order valence-corrected chi connectivity index (χ3v) is 2.33. The van der Waals surface area contributed by atoms with Crippen molar-refractivity contribution in [3.8, 4) is 11.5 Å². The van der Waals surface area contributed by atoms with Gasteiger partial charge in [-0.3, -0.25) is 0 Å². The molecule has 0 saturated heterocycles. The molecule has 0 saturated carbocycles. The van der Waals surface area contributed by atoms with Crippen LogP contribution in [0.2, 0.25) is 0 Å². The van der Waals surface area contributed by atoms with Crippen LogP contribution in [0.25, 0.3) is 0 Å². The van der Waals surface area contributed by atoms with Crippen molar-refractivity contribution in [1.29, 1.82) is 0 Å². The maximum atomic E-state index is 5.59. The Morgan fingerprint density at radius 3 is 2.27 bits per heavy atom. The van der Waals surface area contributed by atoms with E-state index in [2.05, 4.69) is 6.92 Å². The fraction of sp³-hybridized carbons (Fsp3) is 0.455. The average Bonchev–Trinajstić information content (AvgIpc) is 2.26. The first-order chi connectivity index (χ1) is 6.72. The highest BCUT2D eigenvalue weighted by Crippen LogP contribution is 2.30. The minimum absolute atomic E-state index is 0. The molecule has 2 N–H and O–H groups in total. The summed E-state index contributed by atoms with van der Waals surface area (Å²) in [5.41, 5.74) is 6.77. The molecule has 4 heteroatoms. The Bertz CT molecular complexity index is 305. The molecule has 0 radical (unpaired) electrons. The standard InChI is InChI=1S/C11H17NO2.BrH/c1-8(7-12)9-4-5-10(13-2)11(6-9)14-3;/h4-6,8H,7,12H2,1-3H3;1H. The lowest BCUT2D eigenvalue weighted by Crippen LogP contribution is -2.08. The molecule has 3 nitrogen and oxygen atoms in total. The summed E-state index contributed by atoms with van der Waals surface area (Å²) in [5.74, 6) is 1.85. The van der Waals surface area contributed by atoms with Crippen molar-refractivity contribution in [2.75, 3.05) is 20.8 Å². The Hall–Kier alpha value is -0.740. The second-order valence-corrected chi connectivity index (χ2v) is 3.25. The molecule has 15 heavy (non-hydrogen) atoms. The molecule has 0 aliphatic carbocycles. The molecular weight excluding hydrogens is 258 g/mol. The van der Waals surface area contributed by atoms with Gasteiger partial charge in [-0.15, -0.1) is 17.0 Å². The van der Waals surface area contributed by atoms with Crippen molar-refractivity contribution in [2.45, 2.75) is 12.8 Å². The van der Waals surface area contributed by atoms with Gasteiger partial charge in [0.2, 0.25) is 0 Å². The molecule has 1 aromatic carbocycles. The summed E-state index contributed by atoms with van der Waals surface area (Å²) in [4.78, 5) is 0. The highest BCUT2D eigenvalue weighted by molar-refractivity contribution is 8.93. The molecule has 86 valence electrons. The van der Waals surface area contributed by atoms with Crippen LogP contribution in [0.15, 0.2) is 18.2 Å². The summed E-state index contributed by atoms with van der Waals surface area (Å²) in [6, 6.07) is 5.88. The zero-order chi connectivity index (χ0) is 10.6. The van der Waals surface area contributed by atoms with E-state index in [1.165, 1.54) is 5.56 Å². The van der Waals surface area contributed by atoms with Gasteiger partial charge >= 0.3 is 0 Å². The minimum atomic E-state index is 0. The van der Waals surface area contributed by atoms with E-state index >= 15 is 0 Å². The first kappa shape index (κ1) is 14.3. The van der Waals surface area contributed by atoms with E-state index in [-0.39, 0.29) is 17.0 Å². The molecule has 0 amide bonds. The second-order valence-electron chi connectivity index (χ2n) is 3.25. The van der Waals surface area contributed by atoms with Gasteiger partial charge < -0.3 is 15.2 Å². The topological polar surface area (TPSA) is 44.5 Å². The number of hydrogen-bond acceptors (Lipinski definition) is 3. The number of ether oxygens (including phenoxy) is 2. The van der Waals surface area contributed by atoms with Gasteiger partial charge in [0.05, 0.1) is 14.2 Å². The van der Waals surface area contributed by atoms with E-state index < -0.39 is 0 Å². The average molecular weight is 276 g/mol. The van der Waals surface area contributed by atoms with E-state index in [9.17, 15) is 0 Å². The van der Waals surface area contributed by atoms with Crippen LogP contribution in [0.1, 0.15) is 18.4 Å². The summed E-state index contributed by atoms with van der Waals surface area (Å²) >= 11 is 0. The third-order valence-electron chi connectivity index (χ3n) is 2.33. The van der Waals surface area contributed by atoms with Gasteiger partial charge in [-0.2, -0.15) is 0 Å². The van der Waals surface area contributed by atoms with Crippen LogP contribution in [0.5, 0.6) is 11.5 Å². The predicted octanol–water partition coefficient (Wildman–Crippen LogP) is 2.34. The molecule has 0 bridgehead atoms. The van der Waals surface area contributed by atoms with E-state index in [1.807, 2.05) is 18.2 Å². The monoisotopic (exact) mass is 275 g/mol. The van der Waals surface area contributed by atoms with Gasteiger partial charge in [0.15, 0.2) is 11.5 Å². The molecule has 0 aromatic heterocycles. The van der Waals surface area contributed by atoms with E-state index in [1.54, 1.807) is 14.2 Å². The lowest BCUT2D eigenvalue weighted by atomic mass is 10.0. The van der Waals surface area contributed by atoms with Crippen LogP contribution in [0.4, 0.5) is 0 Å². The quantitative estimate of drug-likeness (QED) is 0.918. The summed E-state index contributed by atoms with van der Waals surface area (Å²) in [7, 11) is 3.26. The molecule has 0 heterocycles. The molecule has 0 aliphatic heterocycles. The van der Waals surface area contributed by atoms with Crippen molar-refractivity contribution < 1.29 is 9.47 Å². The normalized spacial score (nSPS) is 11.5. The number of benzene rings is 1. The van der Waals surface area contributed by atoms with Crippen molar-refractivity contribution in [3.05, 3.63) is 23.8 Å². The molecule has 1 aromatic rings. The summed E-state index contributed by atoms with van der Waals surface area (Å²) in [6.45, 7) is 2.72. The lowest BCUT2D eigenvalue weighted by molar-refractivity contribution is 0.354. The van der Waals surface area contributed by atoms with Gasteiger partial charge in [0, 0.05) is 0 Å². The fourth-order valence-electron chi connectivity index (χ4n) is 1.30. The van der Waals surface area contributed by atoms with Gasteiger partial charge in [-0.05, 0) is 30.2 Å². The van der Waals surface area contributed by atoms with Crippen LogP contribution in [-0.4, -0.2) is 20.8 Å². The zero-order valence-electron chi connectivity index (χ0n) is 9.32. The van der Waals surface area contributed by atoms with Gasteiger partial charge in [-0.1, -0.05) is 13.0 Å². The number of rotatable bonds is 4. The predicted molar refractivity (Wildman–Crippen MR) is 67.3 cm³/mol. The highest BCUT2D eigenvalue weighted by atomic mass is 79.9. The van der Waals surface area contributed by atoms with E-state index in [0.29, 0.717) is 12.5 Å². The van der Waals surface area contributed by atoms with Crippen LogP contribution in [-0.2, 0) is 0 Å². The van der Waals surface area contributed by atoms with Gasteiger partial charge in [-0.25, -0.2) is 0 Å². The molecule has 1 atom stereocenters. The molecule has 1 rings (SSSR count). The maximum Gasteiger partial charge on any atom is 0.160 e. The minimum Gasteiger partial charge on any atom is -0.493 e. The van der Waals surface area contributed by atoms with Crippen molar-refractivity contribution in [3.63, 3.8) is 0 Å². The smallest absolute Gasteiger partial charge is 0.160 e. The van der Waals surface area contributed by atoms with Crippen LogP contribution < -0.4 is 15.2 Å². The number of methoxy groups -OCH3 is 2. The van der Waals surface area contributed by atoms with Gasteiger partial charge in [0.1, 0.15) is 0 Å². The van der Waals surface area contributed by atoms with E-state index in [0.717, 1.165) is 11.5 Å². The highest BCUT2D eigenvalue weighted by Gasteiger charge is 2.08. The molecule has 1 unspecified atom stereocenters. The van der Waals surface area contributed by atoms with Gasteiger partial charge in [0.25, 0.3) is 0 Å². The van der Waals surface area contributed by atoms with Crippen molar-refractivity contribution in [1.82, 2.24) is 0 Å². The second kappa shape index (κ2) is 6.69. The number of nitrogens with two attached hydrogens (primary N) is 1. The Kier molecular flexibility index (Phi) is 6.36. The largest absolute Gasteiger partial charge is 0.493 e. The first-order valence-electron chi connectivity index (χ1n) is 4.65. The SMILES string of the molecule is Br.COc1ccc(C(C)CN)cc1OC. The summed E-state index contributed by atoms with van der Waals surface area (Å²) in [6.07, 6.45) is 0. The Morgan fingerprint density at radius 1 is 1.20 bits per heavy atom. The lowest BCUT2D eigenvalue weighted by Gasteiger charge is -2.12. The van der Waals surface area contributed by atoms with Crippen molar-refractivity contribution >= 4 is 17.0 Å². The van der Waals surface area contributed by atoms with Crippen LogP contribution in [0, 0.1) is 0 Å². The fourth-order valence-corrected chi connectivity index (χ4v) is 1.30. The maximum absolute atomic E-state index is 5.59. The number of halogens is 1. The van der Waals surface area contributed by atoms with E-state index in [4.69, 9.17) is 15.2 Å². The molecule has 0 fully saturated rings. The summed E-state index contributed by atoms with van der Waals surface area (Å²) < 4.78 is 10.4. The Morgan fingerprint density at radius 2 is 1.80 bits per heavy atom. The molecule has 0 spiro atoms. The molecule has 0 aliphatic rings. The Labute approximate surface area is 101 Å². The molecular formula is C11H18BrNO2. The van der Waals surface area contributed by atoms with Crippen molar-refractivity contribution in [2.24, 2.45) is 5.73 Å². The summed E-state index contributed by atoms with van der Waals surface area (Å²) in [5, 5.41) is 0.